The lowest BCUT2D eigenvalue weighted by molar-refractivity contribution is 1.50. The van der Waals surface area contributed by atoms with Crippen LogP contribution >= 0.6 is 40.6 Å². The first-order chi connectivity index (χ1) is 16.8. The quantitative estimate of drug-likeness (QED) is 0.242. The van der Waals surface area contributed by atoms with E-state index in [4.69, 9.17) is 26.6 Å². The number of hydrogen-bond donors (Lipinski definition) is 1. The highest BCUT2D eigenvalue weighted by Crippen LogP contribution is 2.55. The number of halogens is 2. The first kappa shape index (κ1) is 17.2. The molecule has 0 bridgehead atoms. The van der Waals surface area contributed by atoms with Crippen LogP contribution in [0, 0.1) is 6.85 Å². The van der Waals surface area contributed by atoms with E-state index < -0.39 is 13.6 Å². The molecule has 32 heavy (non-hydrogen) atoms. The van der Waals surface area contributed by atoms with Crippen molar-refractivity contribution in [1.29, 1.82) is 0 Å². The van der Waals surface area contributed by atoms with Crippen molar-refractivity contribution in [3.05, 3.63) is 90.5 Å². The minimum Gasteiger partial charge on any atom is -0.338 e. The maximum absolute atomic E-state index is 8.12. The molecule has 1 nitrogen and oxygen atoms in total. The molecule has 6 rings (SSSR count). The molecule has 1 heterocycles. The van der Waals surface area contributed by atoms with Gasteiger partial charge in [0.1, 0.15) is 0 Å². The first-order valence-electron chi connectivity index (χ1n) is 11.6. The molecular formula is C27H18Cl2NPS. The molecule has 0 amide bonds. The van der Waals surface area contributed by atoms with Crippen LogP contribution in [0.1, 0.15) is 9.68 Å². The van der Waals surface area contributed by atoms with E-state index in [1.54, 1.807) is 23.5 Å². The van der Waals surface area contributed by atoms with Crippen molar-refractivity contribution in [2.24, 2.45) is 0 Å². The highest BCUT2D eigenvalue weighted by Gasteiger charge is 2.22. The van der Waals surface area contributed by atoms with Gasteiger partial charge in [-0.2, -0.15) is 0 Å². The number of fused-ring (bicyclic) bond motifs is 6. The number of aryl methyl sites for hydroxylation is 1. The topological polar surface area (TPSA) is 12.0 Å². The zero-order valence-corrected chi connectivity index (χ0v) is 19.9. The Labute approximate surface area is 205 Å². The van der Waals surface area contributed by atoms with E-state index in [1.165, 1.54) is 10.1 Å². The minimum absolute atomic E-state index is 0.302. The second-order valence-corrected chi connectivity index (χ2v) is 12.0. The Morgan fingerprint density at radius 3 is 2.28 bits per heavy atom. The monoisotopic (exact) mass is 492 g/mol. The molecule has 0 atom stereocenters. The van der Waals surface area contributed by atoms with E-state index >= 15 is 0 Å². The van der Waals surface area contributed by atoms with Crippen LogP contribution in [0.25, 0.3) is 52.8 Å². The molecule has 1 N–H and O–H groups in total. The van der Waals surface area contributed by atoms with Crippen molar-refractivity contribution in [3.8, 4) is 11.1 Å². The Hall–Kier alpha value is -2.35. The Bertz CT molecular complexity index is 1760. The second-order valence-electron chi connectivity index (χ2n) is 7.69. The summed E-state index contributed by atoms with van der Waals surface area (Å²) in [5, 5.41) is 9.65. The summed E-state index contributed by atoms with van der Waals surface area (Å²) in [5.41, 5.74) is 2.90. The molecule has 0 fully saturated rings. The van der Waals surface area contributed by atoms with Gasteiger partial charge in [0.25, 0.3) is 0 Å². The van der Waals surface area contributed by atoms with Gasteiger partial charge in [0.15, 0.2) is 6.78 Å². The first-order valence-corrected chi connectivity index (χ1v) is 14.1. The van der Waals surface area contributed by atoms with E-state index in [1.807, 2.05) is 48.5 Å². The summed E-state index contributed by atoms with van der Waals surface area (Å²) in [6.45, 7) is -3.77. The molecule has 0 spiro atoms. The van der Waals surface area contributed by atoms with E-state index in [9.17, 15) is 0 Å². The number of benzene rings is 5. The van der Waals surface area contributed by atoms with E-state index in [2.05, 4.69) is 29.4 Å². The Kier molecular flexibility index (Phi) is 4.24. The molecule has 1 aromatic heterocycles. The smallest absolute Gasteiger partial charge is 0.184 e. The fourth-order valence-corrected chi connectivity index (χ4v) is 6.84. The molecule has 156 valence electrons. The van der Waals surface area contributed by atoms with Crippen LogP contribution < -0.4 is 5.09 Å². The lowest BCUT2D eigenvalue weighted by Gasteiger charge is -2.19. The van der Waals surface area contributed by atoms with Crippen LogP contribution in [0.4, 0.5) is 5.69 Å². The average molecular weight is 493 g/mol. The predicted molar refractivity (Wildman–Crippen MR) is 147 cm³/mol. The van der Waals surface area contributed by atoms with E-state index in [-0.39, 0.29) is 0 Å². The van der Waals surface area contributed by atoms with Crippen molar-refractivity contribution >= 4 is 88.0 Å². The molecule has 5 aromatic carbocycles. The number of nitrogens with one attached hydrogen (secondary N) is 1. The molecular weight excluding hydrogens is 472 g/mol. The van der Waals surface area contributed by atoms with Gasteiger partial charge < -0.3 is 5.09 Å². The summed E-state index contributed by atoms with van der Waals surface area (Å²) in [5.74, 6) is 0. The lowest BCUT2D eigenvalue weighted by atomic mass is 9.89. The molecule has 0 saturated carbocycles. The molecule has 5 heteroatoms. The van der Waals surface area contributed by atoms with Crippen LogP contribution in [0.2, 0.25) is 0 Å². The SMILES string of the molecule is [2H]C([2H])([2H])c1cc(-c2c(NP(Cl)Cl)c3sc4ccccc4c3c3ccccc23)c2ccccc2c1. The lowest BCUT2D eigenvalue weighted by Crippen LogP contribution is -1.94. The van der Waals surface area contributed by atoms with Crippen molar-refractivity contribution in [2.45, 2.75) is 6.85 Å². The highest BCUT2D eigenvalue weighted by atomic mass is 35.9. The second kappa shape index (κ2) is 7.90. The summed E-state index contributed by atoms with van der Waals surface area (Å²) < 4.78 is 26.6. The summed E-state index contributed by atoms with van der Waals surface area (Å²) in [6, 6.07) is 28.1. The summed E-state index contributed by atoms with van der Waals surface area (Å²) >= 11 is 14.4. The van der Waals surface area contributed by atoms with Gasteiger partial charge in [-0.1, -0.05) is 101 Å². The molecule has 0 aliphatic carbocycles. The van der Waals surface area contributed by atoms with Gasteiger partial charge in [0.05, 0.1) is 10.4 Å². The number of hydrogen-bond acceptors (Lipinski definition) is 2. The van der Waals surface area contributed by atoms with Gasteiger partial charge in [-0.3, -0.25) is 0 Å². The van der Waals surface area contributed by atoms with Crippen molar-refractivity contribution in [1.82, 2.24) is 0 Å². The van der Waals surface area contributed by atoms with Crippen LogP contribution in [-0.4, -0.2) is 0 Å². The van der Waals surface area contributed by atoms with Gasteiger partial charge in [0, 0.05) is 25.1 Å². The van der Waals surface area contributed by atoms with Crippen molar-refractivity contribution in [2.75, 3.05) is 5.09 Å². The molecule has 0 saturated heterocycles. The maximum atomic E-state index is 8.12. The minimum atomic E-state index is -2.24. The standard InChI is InChI=1S/C27H18Cl2NPS/c1-16-14-17-8-2-3-9-18(17)22(15-16)24-19-10-4-5-11-20(19)25-21-12-6-7-13-23(21)32-27(25)26(24)30-31(28)29/h2-15,30H,1H3/i1D3. The summed E-state index contributed by atoms with van der Waals surface area (Å²) in [4.78, 5) is 0. The normalized spacial score (nSPS) is 13.7. The van der Waals surface area contributed by atoms with Crippen molar-refractivity contribution < 1.29 is 4.11 Å². The zero-order chi connectivity index (χ0) is 24.3. The third-order valence-electron chi connectivity index (χ3n) is 5.87. The van der Waals surface area contributed by atoms with Crippen molar-refractivity contribution in [3.63, 3.8) is 0 Å². The van der Waals surface area contributed by atoms with Gasteiger partial charge in [-0.05, 0) is 45.6 Å². The van der Waals surface area contributed by atoms with Crippen LogP contribution in [0.3, 0.4) is 0 Å². The van der Waals surface area contributed by atoms with Crippen LogP contribution in [0.15, 0.2) is 84.9 Å². The molecule has 6 aromatic rings. The fraction of sp³-hybridized carbons (Fsp3) is 0.0370. The third kappa shape index (κ3) is 3.17. The van der Waals surface area contributed by atoms with Gasteiger partial charge in [-0.15, -0.1) is 11.3 Å². The van der Waals surface area contributed by atoms with Gasteiger partial charge in [0.2, 0.25) is 0 Å². The predicted octanol–water partition coefficient (Wildman–Crippen LogP) is 10.5. The molecule has 0 aliphatic rings. The maximum Gasteiger partial charge on any atom is 0.184 e. The van der Waals surface area contributed by atoms with E-state index in [0.29, 0.717) is 5.56 Å². The van der Waals surface area contributed by atoms with Crippen LogP contribution in [-0.2, 0) is 0 Å². The number of thiophene rings is 1. The Morgan fingerprint density at radius 1 is 0.812 bits per heavy atom. The Morgan fingerprint density at radius 2 is 1.50 bits per heavy atom. The molecule has 0 unspecified atom stereocenters. The van der Waals surface area contributed by atoms with Crippen LogP contribution in [0.5, 0.6) is 0 Å². The third-order valence-corrected chi connectivity index (χ3v) is 7.95. The number of rotatable bonds is 3. The van der Waals surface area contributed by atoms with E-state index in [0.717, 1.165) is 48.4 Å². The summed E-state index contributed by atoms with van der Waals surface area (Å²) in [6.07, 6.45) is 0. The Balaban J connectivity index is 1.87. The molecule has 0 radical (unpaired) electrons. The van der Waals surface area contributed by atoms with Gasteiger partial charge in [-0.25, -0.2) is 0 Å². The van der Waals surface area contributed by atoms with Gasteiger partial charge >= 0.3 is 0 Å². The zero-order valence-electron chi connectivity index (χ0n) is 19.7. The number of anilines is 1. The summed E-state index contributed by atoms with van der Waals surface area (Å²) in [7, 11) is 0. The fourth-order valence-electron chi connectivity index (χ4n) is 4.64. The highest BCUT2D eigenvalue weighted by molar-refractivity contribution is 8.04. The molecule has 0 aliphatic heterocycles. The average Bonchev–Trinajstić information content (AvgIpc) is 3.23. The largest absolute Gasteiger partial charge is 0.338 e.